The summed E-state index contributed by atoms with van der Waals surface area (Å²) in [6.07, 6.45) is -0.277. The van der Waals surface area contributed by atoms with Crippen molar-refractivity contribution in [3.05, 3.63) is 0 Å². The number of thioether (sulfide) groups is 1. The van der Waals surface area contributed by atoms with Gasteiger partial charge in [0.15, 0.2) is 5.17 Å². The number of hydrogen-bond donors (Lipinski definition) is 1. The van der Waals surface area contributed by atoms with E-state index in [-0.39, 0.29) is 31.0 Å². The van der Waals surface area contributed by atoms with Crippen LogP contribution in [0.2, 0.25) is 0 Å². The first-order valence-electron chi connectivity index (χ1n) is 10.0. The van der Waals surface area contributed by atoms with Crippen LogP contribution in [0.5, 0.6) is 0 Å². The molecule has 3 fully saturated rings. The number of carbonyl (C=O) groups excluding carboxylic acids is 2. The van der Waals surface area contributed by atoms with Crippen molar-refractivity contribution in [1.29, 1.82) is 0 Å². The monoisotopic (exact) mass is 419 g/mol. The molecule has 0 aromatic rings. The molecule has 1 N–H and O–H groups in total. The third kappa shape index (κ3) is 4.83. The Morgan fingerprint density at radius 2 is 1.89 bits per heavy atom. The molecular formula is C19H28F3N3O2S. The average Bonchev–Trinajstić information content (AvgIpc) is 2.90. The van der Waals surface area contributed by atoms with Gasteiger partial charge in [0.2, 0.25) is 11.8 Å². The Kier molecular flexibility index (Phi) is 6.32. The molecule has 28 heavy (non-hydrogen) atoms. The fraction of sp³-hybridized carbons (Fsp3) is 0.842. The van der Waals surface area contributed by atoms with Gasteiger partial charge < -0.3 is 10.2 Å². The second-order valence-electron chi connectivity index (χ2n) is 8.37. The summed E-state index contributed by atoms with van der Waals surface area (Å²) < 4.78 is 36.6. The lowest BCUT2D eigenvalue weighted by molar-refractivity contribution is -0.162. The Morgan fingerprint density at radius 1 is 1.25 bits per heavy atom. The molecule has 2 unspecified atom stereocenters. The van der Waals surface area contributed by atoms with Crippen LogP contribution in [0.4, 0.5) is 13.2 Å². The minimum atomic E-state index is -4.48. The zero-order chi connectivity index (χ0) is 20.5. The summed E-state index contributed by atoms with van der Waals surface area (Å²) in [4.78, 5) is 30.5. The molecule has 3 atom stereocenters. The predicted molar refractivity (Wildman–Crippen MR) is 103 cm³/mol. The van der Waals surface area contributed by atoms with Crippen molar-refractivity contribution in [2.24, 2.45) is 16.8 Å². The van der Waals surface area contributed by atoms with Crippen LogP contribution in [0, 0.1) is 11.8 Å². The topological polar surface area (TPSA) is 61.8 Å². The molecular weight excluding hydrogens is 391 g/mol. The third-order valence-corrected chi connectivity index (χ3v) is 7.65. The molecule has 0 spiro atoms. The molecule has 5 nitrogen and oxygen atoms in total. The van der Waals surface area contributed by atoms with E-state index in [4.69, 9.17) is 4.99 Å². The average molecular weight is 420 g/mol. The number of amidine groups is 1. The lowest BCUT2D eigenvalue weighted by Crippen LogP contribution is -2.48. The van der Waals surface area contributed by atoms with Crippen molar-refractivity contribution >= 4 is 28.7 Å². The normalized spacial score (nSPS) is 34.0. The Balaban J connectivity index is 1.59. The minimum absolute atomic E-state index is 0.00363. The second-order valence-corrected chi connectivity index (χ2v) is 9.81. The molecule has 0 radical (unpaired) electrons. The molecule has 3 aliphatic rings. The maximum atomic E-state index is 12.7. The fourth-order valence-electron chi connectivity index (χ4n) is 4.42. The lowest BCUT2D eigenvalue weighted by atomic mass is 9.84. The van der Waals surface area contributed by atoms with Gasteiger partial charge in [-0.25, -0.2) is 0 Å². The zero-order valence-corrected chi connectivity index (χ0v) is 17.2. The Labute approximate surface area is 167 Å². The van der Waals surface area contributed by atoms with Gasteiger partial charge in [-0.3, -0.25) is 14.6 Å². The molecule has 0 aromatic heterocycles. The molecule has 1 aliphatic carbocycles. The highest BCUT2D eigenvalue weighted by atomic mass is 32.2. The lowest BCUT2D eigenvalue weighted by Gasteiger charge is -2.38. The minimum Gasteiger partial charge on any atom is -0.342 e. The largest absolute Gasteiger partial charge is 0.397 e. The van der Waals surface area contributed by atoms with Crippen LogP contribution in [0.3, 0.4) is 0 Å². The Bertz CT molecular complexity index is 647. The van der Waals surface area contributed by atoms with Crippen molar-refractivity contribution in [2.75, 3.05) is 13.1 Å². The van der Waals surface area contributed by atoms with E-state index in [1.54, 1.807) is 0 Å². The first kappa shape index (κ1) is 21.5. The van der Waals surface area contributed by atoms with Crippen LogP contribution < -0.4 is 5.32 Å². The number of amides is 2. The van der Waals surface area contributed by atoms with E-state index in [2.05, 4.69) is 12.2 Å². The number of alkyl halides is 3. The number of aliphatic imine (C=N–C) groups is 1. The summed E-state index contributed by atoms with van der Waals surface area (Å²) in [7, 11) is 0. The van der Waals surface area contributed by atoms with Gasteiger partial charge in [-0.2, -0.15) is 13.2 Å². The first-order chi connectivity index (χ1) is 13.1. The van der Waals surface area contributed by atoms with Crippen LogP contribution in [0.1, 0.15) is 58.8 Å². The maximum absolute atomic E-state index is 12.7. The van der Waals surface area contributed by atoms with Gasteiger partial charge in [0, 0.05) is 13.1 Å². The number of rotatable bonds is 3. The predicted octanol–water partition coefficient (Wildman–Crippen LogP) is 3.73. The number of halogens is 3. The van der Waals surface area contributed by atoms with E-state index >= 15 is 0 Å². The van der Waals surface area contributed by atoms with Crippen molar-refractivity contribution < 1.29 is 22.8 Å². The molecule has 9 heteroatoms. The number of carbonyl (C=O) groups is 2. The quantitative estimate of drug-likeness (QED) is 0.758. The van der Waals surface area contributed by atoms with Crippen LogP contribution >= 0.6 is 11.8 Å². The third-order valence-electron chi connectivity index (χ3n) is 6.31. The molecule has 3 rings (SSSR count). The van der Waals surface area contributed by atoms with Crippen LogP contribution in [-0.2, 0) is 9.59 Å². The van der Waals surface area contributed by atoms with Gasteiger partial charge in [-0.1, -0.05) is 31.5 Å². The van der Waals surface area contributed by atoms with Crippen LogP contribution in [-0.4, -0.2) is 51.9 Å². The Morgan fingerprint density at radius 3 is 2.50 bits per heavy atom. The number of piperidine rings is 1. The summed E-state index contributed by atoms with van der Waals surface area (Å²) in [6, 6.07) is 0.237. The number of nitrogens with zero attached hydrogens (tertiary/aromatic N) is 2. The summed E-state index contributed by atoms with van der Waals surface area (Å²) in [5, 5.41) is 3.59. The summed E-state index contributed by atoms with van der Waals surface area (Å²) in [5.41, 5.74) is 0. The van der Waals surface area contributed by atoms with Gasteiger partial charge in [-0.15, -0.1) is 0 Å². The molecule has 2 saturated heterocycles. The standard InChI is InChI=1S/C19H28F3N3O2S/c1-12-5-3-4-6-14(12)23-17-24-16(27)18(2,28-17)13-7-9-25(10-8-13)15(26)11-19(20,21)22/h12-14H,3-11H2,1-2H3,(H,23,24,27)/t12?,14-,18?/m0/s1. The van der Waals surface area contributed by atoms with E-state index in [1.807, 2.05) is 6.92 Å². The Hall–Kier alpha value is -1.25. The maximum Gasteiger partial charge on any atom is 0.397 e. The summed E-state index contributed by atoms with van der Waals surface area (Å²) >= 11 is 1.45. The SMILES string of the molecule is CC1CCCC[C@@H]1N=C1NC(=O)C(C)(C2CCN(C(=O)CC(F)(F)F)CC2)S1. The number of hydrogen-bond acceptors (Lipinski definition) is 4. The zero-order valence-electron chi connectivity index (χ0n) is 16.3. The van der Waals surface area contributed by atoms with Crippen LogP contribution in [0.25, 0.3) is 0 Å². The second kappa shape index (κ2) is 8.24. The molecule has 2 amide bonds. The molecule has 2 aliphatic heterocycles. The molecule has 0 bridgehead atoms. The molecule has 2 heterocycles. The first-order valence-corrected chi connectivity index (χ1v) is 10.8. The van der Waals surface area contributed by atoms with Gasteiger partial charge in [0.25, 0.3) is 0 Å². The van der Waals surface area contributed by atoms with E-state index in [9.17, 15) is 22.8 Å². The molecule has 1 saturated carbocycles. The van der Waals surface area contributed by atoms with Gasteiger partial charge in [0.1, 0.15) is 11.2 Å². The van der Waals surface area contributed by atoms with Crippen LogP contribution in [0.15, 0.2) is 4.99 Å². The number of likely N-dealkylation sites (tertiary alicyclic amines) is 1. The summed E-state index contributed by atoms with van der Waals surface area (Å²) in [6.45, 7) is 4.60. The highest BCUT2D eigenvalue weighted by molar-refractivity contribution is 8.16. The van der Waals surface area contributed by atoms with Crippen molar-refractivity contribution in [3.8, 4) is 0 Å². The van der Waals surface area contributed by atoms with Crippen molar-refractivity contribution in [3.63, 3.8) is 0 Å². The van der Waals surface area contributed by atoms with Crippen molar-refractivity contribution in [1.82, 2.24) is 10.2 Å². The van der Waals surface area contributed by atoms with Gasteiger partial charge in [0.05, 0.1) is 6.04 Å². The smallest absolute Gasteiger partial charge is 0.342 e. The highest BCUT2D eigenvalue weighted by Crippen LogP contribution is 2.43. The highest BCUT2D eigenvalue weighted by Gasteiger charge is 2.49. The summed E-state index contributed by atoms with van der Waals surface area (Å²) in [5.74, 6) is -0.453. The van der Waals surface area contributed by atoms with E-state index in [0.717, 1.165) is 19.3 Å². The molecule has 158 valence electrons. The van der Waals surface area contributed by atoms with E-state index in [0.29, 0.717) is 23.9 Å². The molecule has 0 aromatic carbocycles. The van der Waals surface area contributed by atoms with E-state index in [1.165, 1.54) is 23.1 Å². The fourth-order valence-corrected chi connectivity index (χ4v) is 5.70. The number of nitrogens with one attached hydrogen (secondary N) is 1. The van der Waals surface area contributed by atoms with Gasteiger partial charge in [-0.05, 0) is 44.4 Å². The van der Waals surface area contributed by atoms with Crippen molar-refractivity contribution in [2.45, 2.75) is 75.8 Å². The van der Waals surface area contributed by atoms with Gasteiger partial charge >= 0.3 is 6.18 Å². The van der Waals surface area contributed by atoms with E-state index < -0.39 is 23.3 Å².